The molecule has 0 saturated heterocycles. The molecule has 0 aliphatic carbocycles. The molecule has 1 rings (SSSR count). The molecule has 5 heteroatoms. The van der Waals surface area contributed by atoms with Crippen molar-refractivity contribution in [3.63, 3.8) is 0 Å². The van der Waals surface area contributed by atoms with E-state index in [0.717, 1.165) is 0 Å². The van der Waals surface area contributed by atoms with Crippen molar-refractivity contribution in [2.45, 2.75) is 11.3 Å². The maximum absolute atomic E-state index is 11.1. The Kier molecular flexibility index (Phi) is 4.01. The number of rotatable bonds is 2. The number of esters is 1. The van der Waals surface area contributed by atoms with E-state index in [-0.39, 0.29) is 11.4 Å². The second-order valence-electron chi connectivity index (χ2n) is 2.83. The van der Waals surface area contributed by atoms with Crippen molar-refractivity contribution in [3.05, 3.63) is 28.3 Å². The third kappa shape index (κ3) is 2.88. The Morgan fingerprint density at radius 1 is 1.67 bits per heavy atom. The van der Waals surface area contributed by atoms with Gasteiger partial charge in [-0.25, -0.2) is 0 Å². The highest BCUT2D eigenvalue weighted by Gasteiger charge is 2.11. The number of benzene rings is 1. The molecule has 1 aromatic carbocycles. The lowest BCUT2D eigenvalue weighted by Crippen LogP contribution is -2.05. The lowest BCUT2D eigenvalue weighted by molar-refractivity contribution is -0.139. The number of nitriles is 1. The van der Waals surface area contributed by atoms with Crippen molar-refractivity contribution in [2.75, 3.05) is 7.11 Å². The van der Waals surface area contributed by atoms with Gasteiger partial charge in [0.1, 0.15) is 6.07 Å². The summed E-state index contributed by atoms with van der Waals surface area (Å²) in [5, 5.41) is 9.05. The fourth-order valence-corrected chi connectivity index (χ4v) is 1.61. The normalized spacial score (nSPS) is 9.47. The topological polar surface area (TPSA) is 50.1 Å². The third-order valence-corrected chi connectivity index (χ3v) is 2.52. The van der Waals surface area contributed by atoms with Crippen molar-refractivity contribution in [2.24, 2.45) is 0 Å². The molecular weight excluding hydrogens is 234 g/mol. The van der Waals surface area contributed by atoms with Gasteiger partial charge < -0.3 is 4.74 Å². The fraction of sp³-hybridized carbons (Fsp3) is 0.200. The van der Waals surface area contributed by atoms with Crippen LogP contribution in [0.2, 0.25) is 5.02 Å². The zero-order valence-corrected chi connectivity index (χ0v) is 9.60. The standard InChI is InChI=1S/C10H8ClNO2S/c1-14-9(13)4-6-2-8(15)3-7(5-12)10(6)11/h2-3,15H,4H2,1H3. The number of carbonyl (C=O) groups is 1. The Labute approximate surface area is 98.0 Å². The number of ether oxygens (including phenoxy) is 1. The van der Waals surface area contributed by atoms with Crippen molar-refractivity contribution in [3.8, 4) is 6.07 Å². The van der Waals surface area contributed by atoms with Crippen LogP contribution in [0.1, 0.15) is 11.1 Å². The van der Waals surface area contributed by atoms with Crippen LogP contribution in [0.15, 0.2) is 17.0 Å². The number of thiol groups is 1. The average Bonchev–Trinajstić information content (AvgIpc) is 2.22. The van der Waals surface area contributed by atoms with Gasteiger partial charge in [0, 0.05) is 4.90 Å². The summed E-state index contributed by atoms with van der Waals surface area (Å²) in [7, 11) is 1.30. The molecule has 3 nitrogen and oxygen atoms in total. The minimum Gasteiger partial charge on any atom is -0.469 e. The predicted octanol–water partition coefficient (Wildman–Crippen LogP) is 2.22. The van der Waals surface area contributed by atoms with E-state index in [4.69, 9.17) is 16.9 Å². The van der Waals surface area contributed by atoms with Gasteiger partial charge in [-0.05, 0) is 17.7 Å². The van der Waals surface area contributed by atoms with E-state index in [2.05, 4.69) is 17.4 Å². The summed E-state index contributed by atoms with van der Waals surface area (Å²) >= 11 is 10.0. The second kappa shape index (κ2) is 5.06. The van der Waals surface area contributed by atoms with Gasteiger partial charge in [-0.15, -0.1) is 12.6 Å². The molecule has 0 aliphatic rings. The molecule has 0 amide bonds. The Balaban J connectivity index is 3.13. The first kappa shape index (κ1) is 11.9. The summed E-state index contributed by atoms with van der Waals surface area (Å²) in [6, 6.07) is 5.12. The summed E-state index contributed by atoms with van der Waals surface area (Å²) in [4.78, 5) is 11.6. The molecule has 0 fully saturated rings. The molecule has 0 spiro atoms. The van der Waals surface area contributed by atoms with Crippen molar-refractivity contribution >= 4 is 30.2 Å². The molecular formula is C10H8ClNO2S. The van der Waals surface area contributed by atoms with Crippen LogP contribution < -0.4 is 0 Å². The number of halogens is 1. The van der Waals surface area contributed by atoms with Gasteiger partial charge in [0.25, 0.3) is 0 Å². The highest BCUT2D eigenvalue weighted by molar-refractivity contribution is 7.80. The van der Waals surface area contributed by atoms with Crippen LogP contribution in [0.4, 0.5) is 0 Å². The number of hydrogen-bond acceptors (Lipinski definition) is 4. The molecule has 0 unspecified atom stereocenters. The van der Waals surface area contributed by atoms with Crippen molar-refractivity contribution in [1.82, 2.24) is 0 Å². The van der Waals surface area contributed by atoms with E-state index in [9.17, 15) is 4.79 Å². The molecule has 0 heterocycles. The second-order valence-corrected chi connectivity index (χ2v) is 3.73. The molecule has 15 heavy (non-hydrogen) atoms. The van der Waals surface area contributed by atoms with Gasteiger partial charge in [0.15, 0.2) is 0 Å². The van der Waals surface area contributed by atoms with Crippen LogP contribution in [-0.2, 0) is 16.0 Å². The molecule has 0 aliphatic heterocycles. The van der Waals surface area contributed by atoms with Crippen molar-refractivity contribution < 1.29 is 9.53 Å². The molecule has 0 radical (unpaired) electrons. The van der Waals surface area contributed by atoms with Gasteiger partial charge in [-0.3, -0.25) is 4.79 Å². The predicted molar refractivity (Wildman–Crippen MR) is 59.1 cm³/mol. The van der Waals surface area contributed by atoms with Gasteiger partial charge in [-0.1, -0.05) is 11.6 Å². The molecule has 0 atom stereocenters. The average molecular weight is 242 g/mol. The van der Waals surface area contributed by atoms with E-state index in [1.807, 2.05) is 6.07 Å². The van der Waals surface area contributed by atoms with Gasteiger partial charge in [0.05, 0.1) is 24.1 Å². The van der Waals surface area contributed by atoms with Gasteiger partial charge in [-0.2, -0.15) is 5.26 Å². The fourth-order valence-electron chi connectivity index (χ4n) is 1.11. The molecule has 0 saturated carbocycles. The van der Waals surface area contributed by atoms with Crippen molar-refractivity contribution in [1.29, 1.82) is 5.26 Å². The Morgan fingerprint density at radius 3 is 2.87 bits per heavy atom. The zero-order chi connectivity index (χ0) is 11.4. The highest BCUT2D eigenvalue weighted by Crippen LogP contribution is 2.25. The zero-order valence-electron chi connectivity index (χ0n) is 7.95. The van der Waals surface area contributed by atoms with Crippen LogP contribution in [0, 0.1) is 11.3 Å². The van der Waals surface area contributed by atoms with Gasteiger partial charge in [0.2, 0.25) is 0 Å². The first-order valence-electron chi connectivity index (χ1n) is 4.06. The van der Waals surface area contributed by atoms with Gasteiger partial charge >= 0.3 is 5.97 Å². The van der Waals surface area contributed by atoms with Crippen LogP contribution in [0.25, 0.3) is 0 Å². The summed E-state index contributed by atoms with van der Waals surface area (Å²) in [5.74, 6) is -0.403. The summed E-state index contributed by atoms with van der Waals surface area (Å²) in [5.41, 5.74) is 0.857. The molecule has 0 aromatic heterocycles. The Morgan fingerprint density at radius 2 is 2.33 bits per heavy atom. The summed E-state index contributed by atoms with van der Waals surface area (Å²) in [6.45, 7) is 0. The lowest BCUT2D eigenvalue weighted by atomic mass is 10.1. The van der Waals surface area contributed by atoms with E-state index >= 15 is 0 Å². The maximum atomic E-state index is 11.1. The molecule has 1 aromatic rings. The minimum atomic E-state index is -0.403. The molecule has 78 valence electrons. The Hall–Kier alpha value is -1.18. The van der Waals surface area contributed by atoms with Crippen LogP contribution in [-0.4, -0.2) is 13.1 Å². The number of methoxy groups -OCH3 is 1. The molecule has 0 N–H and O–H groups in total. The van der Waals surface area contributed by atoms with E-state index in [0.29, 0.717) is 16.0 Å². The van der Waals surface area contributed by atoms with Crippen LogP contribution in [0.3, 0.4) is 0 Å². The highest BCUT2D eigenvalue weighted by atomic mass is 35.5. The first-order chi connectivity index (χ1) is 7.08. The number of hydrogen-bond donors (Lipinski definition) is 1. The van der Waals surface area contributed by atoms with Crippen LogP contribution >= 0.6 is 24.2 Å². The minimum absolute atomic E-state index is 0.0401. The largest absolute Gasteiger partial charge is 0.469 e. The molecule has 0 bridgehead atoms. The summed E-state index contributed by atoms with van der Waals surface area (Å²) < 4.78 is 4.52. The Bertz CT molecular complexity index is 440. The third-order valence-electron chi connectivity index (χ3n) is 1.82. The maximum Gasteiger partial charge on any atom is 0.310 e. The quantitative estimate of drug-likeness (QED) is 0.638. The van der Waals surface area contributed by atoms with E-state index < -0.39 is 5.97 Å². The summed E-state index contributed by atoms with van der Waals surface area (Å²) in [6.07, 6.45) is 0.0401. The SMILES string of the molecule is COC(=O)Cc1cc(S)cc(C#N)c1Cl. The van der Waals surface area contributed by atoms with E-state index in [1.165, 1.54) is 7.11 Å². The smallest absolute Gasteiger partial charge is 0.310 e. The monoisotopic (exact) mass is 241 g/mol. The number of carbonyl (C=O) groups excluding carboxylic acids is 1. The number of nitrogens with zero attached hydrogens (tertiary/aromatic N) is 1. The lowest BCUT2D eigenvalue weighted by Gasteiger charge is -2.05. The first-order valence-corrected chi connectivity index (χ1v) is 4.89. The van der Waals surface area contributed by atoms with E-state index in [1.54, 1.807) is 12.1 Å². The van der Waals surface area contributed by atoms with Crippen LogP contribution in [0.5, 0.6) is 0 Å².